The molecule has 1 unspecified atom stereocenters. The summed E-state index contributed by atoms with van der Waals surface area (Å²) in [6.07, 6.45) is 1.79. The molecule has 3 nitrogen and oxygen atoms in total. The molecule has 0 aliphatic carbocycles. The Kier molecular flexibility index (Phi) is 1.80. The summed E-state index contributed by atoms with van der Waals surface area (Å²) in [6, 6.07) is 0. The molecule has 0 fully saturated rings. The molecular formula is C7H8FN3S. The van der Waals surface area contributed by atoms with Crippen molar-refractivity contribution >= 4 is 11.8 Å². The zero-order chi connectivity index (χ0) is 8.55. The van der Waals surface area contributed by atoms with Crippen molar-refractivity contribution in [3.63, 3.8) is 0 Å². The van der Waals surface area contributed by atoms with Crippen LogP contribution in [-0.4, -0.2) is 10.2 Å². The number of nitrogens with one attached hydrogen (secondary N) is 2. The van der Waals surface area contributed by atoms with Crippen molar-refractivity contribution in [2.24, 2.45) is 0 Å². The van der Waals surface area contributed by atoms with Gasteiger partial charge in [0.1, 0.15) is 11.1 Å². The van der Waals surface area contributed by atoms with Crippen LogP contribution >= 0.6 is 11.8 Å². The average Bonchev–Trinajstić information content (AvgIpc) is 2.64. The van der Waals surface area contributed by atoms with Crippen molar-refractivity contribution in [2.75, 3.05) is 0 Å². The van der Waals surface area contributed by atoms with Crippen LogP contribution in [0.4, 0.5) is 4.39 Å². The fourth-order valence-corrected chi connectivity index (χ4v) is 1.79. The van der Waals surface area contributed by atoms with Crippen molar-refractivity contribution in [3.05, 3.63) is 28.8 Å². The SMILES string of the molecule is Cc1[nH]nc(C2NC=CS2)c1F. The highest BCUT2D eigenvalue weighted by Gasteiger charge is 2.21. The van der Waals surface area contributed by atoms with Crippen LogP contribution in [0, 0.1) is 12.7 Å². The summed E-state index contributed by atoms with van der Waals surface area (Å²) in [5, 5.41) is 11.3. The van der Waals surface area contributed by atoms with E-state index in [1.807, 2.05) is 5.41 Å². The number of nitrogens with zero attached hydrogens (tertiary/aromatic N) is 1. The third-order valence-corrected chi connectivity index (χ3v) is 2.60. The minimum Gasteiger partial charge on any atom is -0.373 e. The van der Waals surface area contributed by atoms with Gasteiger partial charge in [-0.25, -0.2) is 4.39 Å². The van der Waals surface area contributed by atoms with Gasteiger partial charge >= 0.3 is 0 Å². The molecular weight excluding hydrogens is 177 g/mol. The number of rotatable bonds is 1. The van der Waals surface area contributed by atoms with E-state index in [0.717, 1.165) is 0 Å². The second-order valence-corrected chi connectivity index (χ2v) is 3.55. The fourth-order valence-electron chi connectivity index (χ4n) is 1.04. The first-order valence-electron chi connectivity index (χ1n) is 3.56. The molecule has 0 bridgehead atoms. The predicted octanol–water partition coefficient (Wildman–Crippen LogP) is 1.66. The van der Waals surface area contributed by atoms with Crippen LogP contribution in [0.5, 0.6) is 0 Å². The lowest BCUT2D eigenvalue weighted by Crippen LogP contribution is -2.08. The Bertz CT molecular complexity index is 312. The summed E-state index contributed by atoms with van der Waals surface area (Å²) in [5.41, 5.74) is 0.932. The number of aromatic nitrogens is 2. The van der Waals surface area contributed by atoms with Crippen LogP contribution in [0.3, 0.4) is 0 Å². The molecule has 2 rings (SSSR count). The van der Waals surface area contributed by atoms with Gasteiger partial charge in [-0.1, -0.05) is 0 Å². The summed E-state index contributed by atoms with van der Waals surface area (Å²) in [5.74, 6) is -0.247. The average molecular weight is 185 g/mol. The number of halogens is 1. The van der Waals surface area contributed by atoms with Gasteiger partial charge in [0.05, 0.1) is 5.69 Å². The van der Waals surface area contributed by atoms with E-state index in [1.54, 1.807) is 13.1 Å². The smallest absolute Gasteiger partial charge is 0.169 e. The van der Waals surface area contributed by atoms with Crippen molar-refractivity contribution in [1.82, 2.24) is 15.5 Å². The summed E-state index contributed by atoms with van der Waals surface area (Å²) in [4.78, 5) is 0. The van der Waals surface area contributed by atoms with Gasteiger partial charge < -0.3 is 5.32 Å². The number of H-pyrrole nitrogens is 1. The maximum atomic E-state index is 13.2. The minimum absolute atomic E-state index is 0.0741. The summed E-state index contributed by atoms with van der Waals surface area (Å²) < 4.78 is 13.2. The lowest BCUT2D eigenvalue weighted by atomic mass is 10.3. The van der Waals surface area contributed by atoms with Crippen molar-refractivity contribution in [3.8, 4) is 0 Å². The Labute approximate surface area is 73.4 Å². The number of hydrogen-bond acceptors (Lipinski definition) is 3. The van der Waals surface area contributed by atoms with Crippen molar-refractivity contribution in [2.45, 2.75) is 12.3 Å². The van der Waals surface area contributed by atoms with Gasteiger partial charge in [0.15, 0.2) is 5.82 Å². The van der Waals surface area contributed by atoms with Gasteiger partial charge in [-0.05, 0) is 12.3 Å². The van der Waals surface area contributed by atoms with E-state index in [2.05, 4.69) is 15.5 Å². The van der Waals surface area contributed by atoms with E-state index in [1.165, 1.54) is 11.8 Å². The van der Waals surface area contributed by atoms with Crippen molar-refractivity contribution < 1.29 is 4.39 Å². The molecule has 1 atom stereocenters. The van der Waals surface area contributed by atoms with Gasteiger partial charge in [0.25, 0.3) is 0 Å². The normalized spacial score (nSPS) is 21.3. The van der Waals surface area contributed by atoms with Crippen LogP contribution in [0.1, 0.15) is 16.8 Å². The molecule has 0 spiro atoms. The highest BCUT2D eigenvalue weighted by molar-refractivity contribution is 8.02. The molecule has 1 aromatic heterocycles. The molecule has 1 aromatic rings. The minimum atomic E-state index is -0.247. The Morgan fingerprint density at radius 1 is 1.67 bits per heavy atom. The predicted molar refractivity (Wildman–Crippen MR) is 45.9 cm³/mol. The molecule has 2 N–H and O–H groups in total. The second kappa shape index (κ2) is 2.82. The van der Waals surface area contributed by atoms with E-state index in [-0.39, 0.29) is 11.2 Å². The topological polar surface area (TPSA) is 40.7 Å². The molecule has 12 heavy (non-hydrogen) atoms. The largest absolute Gasteiger partial charge is 0.373 e. The van der Waals surface area contributed by atoms with Crippen LogP contribution in [0.25, 0.3) is 0 Å². The van der Waals surface area contributed by atoms with Gasteiger partial charge in [0.2, 0.25) is 0 Å². The Morgan fingerprint density at radius 3 is 3.00 bits per heavy atom. The maximum Gasteiger partial charge on any atom is 0.169 e. The van der Waals surface area contributed by atoms with Crippen LogP contribution < -0.4 is 5.32 Å². The van der Waals surface area contributed by atoms with Gasteiger partial charge in [-0.3, -0.25) is 5.10 Å². The van der Waals surface area contributed by atoms with Crippen LogP contribution in [0.2, 0.25) is 0 Å². The highest BCUT2D eigenvalue weighted by Crippen LogP contribution is 2.31. The van der Waals surface area contributed by atoms with Gasteiger partial charge in [-0.15, -0.1) is 11.8 Å². The Balaban J connectivity index is 2.28. The van der Waals surface area contributed by atoms with E-state index < -0.39 is 0 Å². The summed E-state index contributed by atoms with van der Waals surface area (Å²) in [6.45, 7) is 1.67. The van der Waals surface area contributed by atoms with Crippen LogP contribution in [-0.2, 0) is 0 Å². The molecule has 1 aliphatic heterocycles. The Hall–Kier alpha value is -0.970. The zero-order valence-corrected chi connectivity index (χ0v) is 7.28. The highest BCUT2D eigenvalue weighted by atomic mass is 32.2. The van der Waals surface area contributed by atoms with E-state index in [4.69, 9.17) is 0 Å². The van der Waals surface area contributed by atoms with Crippen molar-refractivity contribution in [1.29, 1.82) is 0 Å². The molecule has 64 valence electrons. The third-order valence-electron chi connectivity index (χ3n) is 1.68. The first-order valence-corrected chi connectivity index (χ1v) is 4.50. The molecule has 0 radical (unpaired) electrons. The molecule has 5 heteroatoms. The number of hydrogen-bond donors (Lipinski definition) is 2. The number of aromatic amines is 1. The first kappa shape index (κ1) is 7.67. The molecule has 2 heterocycles. The van der Waals surface area contributed by atoms with E-state index >= 15 is 0 Å². The molecule has 0 saturated heterocycles. The molecule has 1 aliphatic rings. The van der Waals surface area contributed by atoms with Gasteiger partial charge in [0, 0.05) is 6.20 Å². The zero-order valence-electron chi connectivity index (χ0n) is 6.47. The quantitative estimate of drug-likeness (QED) is 0.699. The van der Waals surface area contributed by atoms with E-state index in [9.17, 15) is 4.39 Å². The molecule has 0 aromatic carbocycles. The molecule has 0 saturated carbocycles. The second-order valence-electron chi connectivity index (χ2n) is 2.53. The lowest BCUT2D eigenvalue weighted by Gasteiger charge is -2.05. The Morgan fingerprint density at radius 2 is 2.50 bits per heavy atom. The maximum absolute atomic E-state index is 13.2. The monoisotopic (exact) mass is 185 g/mol. The number of thioether (sulfide) groups is 1. The summed E-state index contributed by atoms with van der Waals surface area (Å²) >= 11 is 1.51. The standard InChI is InChI=1S/C7H8FN3S/c1-4-5(8)6(11-10-4)7-9-2-3-12-7/h2-3,7,9H,1H3,(H,10,11). The van der Waals surface area contributed by atoms with E-state index in [0.29, 0.717) is 11.4 Å². The lowest BCUT2D eigenvalue weighted by molar-refractivity contribution is 0.594. The van der Waals surface area contributed by atoms with Gasteiger partial charge in [-0.2, -0.15) is 5.10 Å². The van der Waals surface area contributed by atoms with Crippen LogP contribution in [0.15, 0.2) is 11.6 Å². The number of aryl methyl sites for hydroxylation is 1. The third kappa shape index (κ3) is 1.10. The summed E-state index contributed by atoms with van der Waals surface area (Å²) in [7, 11) is 0. The fraction of sp³-hybridized carbons (Fsp3) is 0.286. The molecule has 0 amide bonds. The first-order chi connectivity index (χ1) is 5.79.